The van der Waals surface area contributed by atoms with Gasteiger partial charge in [-0.1, -0.05) is 42.5 Å². The first-order valence-corrected chi connectivity index (χ1v) is 6.67. The standard InChI is InChI=1S/C17H16N2O/c1-12-10-19-16(11-18-12)17(20)9-14-7-4-6-13-5-2-3-8-15(13)14/h2-8,10-11,17,20H,9H2,1H3. The van der Waals surface area contributed by atoms with E-state index in [0.29, 0.717) is 12.1 Å². The zero-order chi connectivity index (χ0) is 13.9. The van der Waals surface area contributed by atoms with Crippen LogP contribution in [0, 0.1) is 6.92 Å². The fraction of sp³-hybridized carbons (Fsp3) is 0.176. The summed E-state index contributed by atoms with van der Waals surface area (Å²) in [5, 5.41) is 12.7. The van der Waals surface area contributed by atoms with Gasteiger partial charge in [0.15, 0.2) is 0 Å². The second-order valence-electron chi connectivity index (χ2n) is 4.94. The first kappa shape index (κ1) is 12.8. The normalized spacial score (nSPS) is 12.5. The predicted octanol–water partition coefficient (Wildman–Crippen LogP) is 3.21. The number of benzene rings is 2. The van der Waals surface area contributed by atoms with Crippen molar-refractivity contribution in [1.82, 2.24) is 9.97 Å². The maximum absolute atomic E-state index is 10.3. The molecular weight excluding hydrogens is 248 g/mol. The lowest BCUT2D eigenvalue weighted by Crippen LogP contribution is -2.05. The minimum absolute atomic E-state index is 0.541. The Morgan fingerprint density at radius 1 is 1.00 bits per heavy atom. The number of aromatic nitrogens is 2. The lowest BCUT2D eigenvalue weighted by Gasteiger charge is -2.12. The van der Waals surface area contributed by atoms with E-state index in [4.69, 9.17) is 0 Å². The molecule has 1 atom stereocenters. The van der Waals surface area contributed by atoms with Crippen LogP contribution < -0.4 is 0 Å². The molecule has 100 valence electrons. The molecule has 0 bridgehead atoms. The third kappa shape index (κ3) is 2.53. The minimum atomic E-state index is -0.631. The fourth-order valence-corrected chi connectivity index (χ4v) is 2.36. The van der Waals surface area contributed by atoms with Gasteiger partial charge in [-0.05, 0) is 23.3 Å². The minimum Gasteiger partial charge on any atom is -0.386 e. The molecule has 3 aromatic rings. The van der Waals surface area contributed by atoms with E-state index in [1.165, 1.54) is 10.8 Å². The molecule has 1 N–H and O–H groups in total. The lowest BCUT2D eigenvalue weighted by atomic mass is 9.99. The Labute approximate surface area is 117 Å². The van der Waals surface area contributed by atoms with Crippen LogP contribution in [-0.2, 0) is 6.42 Å². The van der Waals surface area contributed by atoms with Crippen molar-refractivity contribution in [2.45, 2.75) is 19.4 Å². The van der Waals surface area contributed by atoms with Crippen molar-refractivity contribution >= 4 is 10.8 Å². The number of nitrogens with zero attached hydrogens (tertiary/aromatic N) is 2. The molecule has 0 spiro atoms. The Bertz CT molecular complexity index is 717. The molecule has 0 aliphatic rings. The average molecular weight is 264 g/mol. The van der Waals surface area contributed by atoms with E-state index in [0.717, 1.165) is 11.3 Å². The first-order chi connectivity index (χ1) is 9.74. The van der Waals surface area contributed by atoms with E-state index in [1.54, 1.807) is 12.4 Å². The molecule has 2 aromatic carbocycles. The molecular formula is C17H16N2O. The summed E-state index contributed by atoms with van der Waals surface area (Å²) in [5.74, 6) is 0. The number of aliphatic hydroxyl groups excluding tert-OH is 1. The number of hydrogen-bond donors (Lipinski definition) is 1. The van der Waals surface area contributed by atoms with Crippen LogP contribution in [0.25, 0.3) is 10.8 Å². The van der Waals surface area contributed by atoms with Gasteiger partial charge in [-0.15, -0.1) is 0 Å². The zero-order valence-corrected chi connectivity index (χ0v) is 11.3. The molecule has 3 rings (SSSR count). The summed E-state index contributed by atoms with van der Waals surface area (Å²) >= 11 is 0. The second kappa shape index (κ2) is 5.39. The van der Waals surface area contributed by atoms with Crippen molar-refractivity contribution < 1.29 is 5.11 Å². The molecule has 0 radical (unpaired) electrons. The number of fused-ring (bicyclic) bond motifs is 1. The molecule has 1 heterocycles. The number of rotatable bonds is 3. The van der Waals surface area contributed by atoms with Gasteiger partial charge in [0, 0.05) is 12.6 Å². The van der Waals surface area contributed by atoms with Crippen LogP contribution in [0.5, 0.6) is 0 Å². The van der Waals surface area contributed by atoms with Crippen LogP contribution in [0.3, 0.4) is 0 Å². The highest BCUT2D eigenvalue weighted by Gasteiger charge is 2.12. The topological polar surface area (TPSA) is 46.0 Å². The Morgan fingerprint density at radius 2 is 1.80 bits per heavy atom. The largest absolute Gasteiger partial charge is 0.386 e. The van der Waals surface area contributed by atoms with E-state index in [-0.39, 0.29) is 0 Å². The van der Waals surface area contributed by atoms with Gasteiger partial charge in [0.2, 0.25) is 0 Å². The Balaban J connectivity index is 1.91. The Morgan fingerprint density at radius 3 is 2.60 bits per heavy atom. The third-order valence-corrected chi connectivity index (χ3v) is 3.44. The molecule has 0 saturated heterocycles. The van der Waals surface area contributed by atoms with Crippen molar-refractivity contribution in [2.75, 3.05) is 0 Å². The number of hydrogen-bond acceptors (Lipinski definition) is 3. The molecule has 0 amide bonds. The molecule has 0 saturated carbocycles. The van der Waals surface area contributed by atoms with Crippen molar-refractivity contribution in [1.29, 1.82) is 0 Å². The number of aliphatic hydroxyl groups is 1. The Hall–Kier alpha value is -2.26. The highest BCUT2D eigenvalue weighted by molar-refractivity contribution is 5.85. The van der Waals surface area contributed by atoms with Gasteiger partial charge < -0.3 is 5.11 Å². The summed E-state index contributed by atoms with van der Waals surface area (Å²) in [5.41, 5.74) is 2.59. The SMILES string of the molecule is Cc1cnc(C(O)Cc2cccc3ccccc23)cn1. The summed E-state index contributed by atoms with van der Waals surface area (Å²) in [7, 11) is 0. The van der Waals surface area contributed by atoms with Crippen LogP contribution in [-0.4, -0.2) is 15.1 Å². The molecule has 0 aliphatic carbocycles. The highest BCUT2D eigenvalue weighted by Crippen LogP contribution is 2.23. The molecule has 1 aromatic heterocycles. The molecule has 1 unspecified atom stereocenters. The van der Waals surface area contributed by atoms with E-state index >= 15 is 0 Å². The van der Waals surface area contributed by atoms with Gasteiger partial charge in [-0.2, -0.15) is 0 Å². The third-order valence-electron chi connectivity index (χ3n) is 3.44. The smallest absolute Gasteiger partial charge is 0.102 e. The monoisotopic (exact) mass is 264 g/mol. The molecule has 0 aliphatic heterocycles. The maximum Gasteiger partial charge on any atom is 0.102 e. The summed E-state index contributed by atoms with van der Waals surface area (Å²) in [6.07, 6.45) is 3.24. The Kier molecular flexibility index (Phi) is 3.44. The summed E-state index contributed by atoms with van der Waals surface area (Å²) < 4.78 is 0. The highest BCUT2D eigenvalue weighted by atomic mass is 16.3. The quantitative estimate of drug-likeness (QED) is 0.790. The van der Waals surface area contributed by atoms with Crippen LogP contribution >= 0.6 is 0 Å². The van der Waals surface area contributed by atoms with Crippen LogP contribution in [0.1, 0.15) is 23.1 Å². The molecule has 3 heteroatoms. The van der Waals surface area contributed by atoms with E-state index in [1.807, 2.05) is 31.2 Å². The maximum atomic E-state index is 10.3. The van der Waals surface area contributed by atoms with Gasteiger partial charge in [0.05, 0.1) is 17.6 Å². The van der Waals surface area contributed by atoms with Crippen LogP contribution in [0.15, 0.2) is 54.9 Å². The lowest BCUT2D eigenvalue weighted by molar-refractivity contribution is 0.173. The van der Waals surface area contributed by atoms with E-state index < -0.39 is 6.10 Å². The average Bonchev–Trinajstić information content (AvgIpc) is 2.48. The van der Waals surface area contributed by atoms with Crippen molar-refractivity contribution in [2.24, 2.45) is 0 Å². The number of aryl methyl sites for hydroxylation is 1. The summed E-state index contributed by atoms with van der Waals surface area (Å²) in [6.45, 7) is 1.88. The summed E-state index contributed by atoms with van der Waals surface area (Å²) in [6, 6.07) is 14.3. The fourth-order valence-electron chi connectivity index (χ4n) is 2.36. The van der Waals surface area contributed by atoms with Gasteiger partial charge in [-0.25, -0.2) is 0 Å². The van der Waals surface area contributed by atoms with E-state index in [2.05, 4.69) is 28.2 Å². The molecule has 3 nitrogen and oxygen atoms in total. The second-order valence-corrected chi connectivity index (χ2v) is 4.94. The van der Waals surface area contributed by atoms with Crippen LogP contribution in [0.4, 0.5) is 0 Å². The van der Waals surface area contributed by atoms with Gasteiger partial charge in [0.25, 0.3) is 0 Å². The van der Waals surface area contributed by atoms with Crippen LogP contribution in [0.2, 0.25) is 0 Å². The summed E-state index contributed by atoms with van der Waals surface area (Å²) in [4.78, 5) is 8.42. The van der Waals surface area contributed by atoms with Gasteiger partial charge in [-0.3, -0.25) is 9.97 Å². The zero-order valence-electron chi connectivity index (χ0n) is 11.3. The van der Waals surface area contributed by atoms with Crippen molar-refractivity contribution in [3.05, 3.63) is 71.8 Å². The molecule has 0 fully saturated rings. The molecule has 20 heavy (non-hydrogen) atoms. The van der Waals surface area contributed by atoms with Crippen molar-refractivity contribution in [3.8, 4) is 0 Å². The van der Waals surface area contributed by atoms with Gasteiger partial charge in [0.1, 0.15) is 6.10 Å². The first-order valence-electron chi connectivity index (χ1n) is 6.67. The predicted molar refractivity (Wildman–Crippen MR) is 79.4 cm³/mol. The van der Waals surface area contributed by atoms with Crippen molar-refractivity contribution in [3.63, 3.8) is 0 Å². The van der Waals surface area contributed by atoms with Gasteiger partial charge >= 0.3 is 0 Å². The van der Waals surface area contributed by atoms with E-state index in [9.17, 15) is 5.11 Å².